The monoisotopic (exact) mass is 250 g/mol. The number of nitrogens with one attached hydrogen (secondary N) is 1. The highest BCUT2D eigenvalue weighted by atomic mass is 32.2. The van der Waals surface area contributed by atoms with Crippen molar-refractivity contribution in [3.8, 4) is 0 Å². The van der Waals surface area contributed by atoms with E-state index in [1.54, 1.807) is 6.07 Å². The van der Waals surface area contributed by atoms with E-state index in [-0.39, 0.29) is 5.91 Å². The van der Waals surface area contributed by atoms with Crippen LogP contribution in [0, 0.1) is 12.8 Å². The summed E-state index contributed by atoms with van der Waals surface area (Å²) in [7, 11) is 0. The summed E-state index contributed by atoms with van der Waals surface area (Å²) in [6.45, 7) is 2.92. The minimum absolute atomic E-state index is 0.359. The average Bonchev–Trinajstić information content (AvgIpc) is 2.80. The highest BCUT2D eigenvalue weighted by Crippen LogP contribution is 2.25. The van der Waals surface area contributed by atoms with Gasteiger partial charge in [0.1, 0.15) is 0 Å². The molecule has 17 heavy (non-hydrogen) atoms. The zero-order chi connectivity index (χ0) is 12.3. The molecule has 1 aromatic carbocycles. The van der Waals surface area contributed by atoms with Gasteiger partial charge in [-0.1, -0.05) is 6.07 Å². The predicted octanol–water partition coefficient (Wildman–Crippen LogP) is 2.26. The fraction of sp³-hybridized carbons (Fsp3) is 0.462. The number of rotatable bonds is 4. The first kappa shape index (κ1) is 12.3. The number of hydrogen-bond donors (Lipinski definition) is 2. The first-order valence-corrected chi connectivity index (χ1v) is 7.05. The van der Waals surface area contributed by atoms with Crippen LogP contribution in [0.15, 0.2) is 18.2 Å². The Morgan fingerprint density at radius 2 is 2.41 bits per heavy atom. The van der Waals surface area contributed by atoms with E-state index in [2.05, 4.69) is 5.32 Å². The van der Waals surface area contributed by atoms with Gasteiger partial charge in [-0.05, 0) is 48.5 Å². The molecular formula is C13H18N2OS. The van der Waals surface area contributed by atoms with Gasteiger partial charge in [0.15, 0.2) is 0 Å². The third kappa shape index (κ3) is 2.94. The number of thioether (sulfide) groups is 1. The maximum absolute atomic E-state index is 11.2. The molecule has 1 amide bonds. The van der Waals surface area contributed by atoms with Crippen molar-refractivity contribution in [1.29, 1.82) is 0 Å². The molecule has 1 heterocycles. The van der Waals surface area contributed by atoms with Crippen LogP contribution in [0.5, 0.6) is 0 Å². The Kier molecular flexibility index (Phi) is 3.94. The van der Waals surface area contributed by atoms with Crippen LogP contribution >= 0.6 is 11.8 Å². The molecule has 92 valence electrons. The van der Waals surface area contributed by atoms with Crippen molar-refractivity contribution < 1.29 is 4.79 Å². The number of carbonyl (C=O) groups excluding carboxylic acids is 1. The summed E-state index contributed by atoms with van der Waals surface area (Å²) >= 11 is 2.02. The normalized spacial score (nSPS) is 19.2. The molecule has 1 aromatic rings. The van der Waals surface area contributed by atoms with E-state index >= 15 is 0 Å². The second-order valence-electron chi connectivity index (χ2n) is 4.45. The van der Waals surface area contributed by atoms with E-state index in [1.807, 2.05) is 30.8 Å². The molecule has 0 saturated carbocycles. The molecule has 2 rings (SSSR count). The molecule has 1 unspecified atom stereocenters. The van der Waals surface area contributed by atoms with Gasteiger partial charge in [0.2, 0.25) is 5.91 Å². The molecule has 3 nitrogen and oxygen atoms in total. The Hall–Kier alpha value is -1.16. The van der Waals surface area contributed by atoms with Crippen LogP contribution < -0.4 is 11.1 Å². The number of hydrogen-bond acceptors (Lipinski definition) is 3. The van der Waals surface area contributed by atoms with E-state index < -0.39 is 0 Å². The Bertz CT molecular complexity index is 414. The molecule has 0 bridgehead atoms. The van der Waals surface area contributed by atoms with Gasteiger partial charge in [-0.2, -0.15) is 11.8 Å². The fourth-order valence-electron chi connectivity index (χ4n) is 2.09. The standard InChI is InChI=1S/C13H18N2OS/c1-9-11(13(14)16)3-2-4-12(9)15-7-10-5-6-17-8-10/h2-4,10,15H,5-8H2,1H3,(H2,14,16). The minimum atomic E-state index is -0.359. The highest BCUT2D eigenvalue weighted by Gasteiger charge is 2.15. The maximum Gasteiger partial charge on any atom is 0.249 e. The quantitative estimate of drug-likeness (QED) is 0.862. The Morgan fingerprint density at radius 1 is 1.59 bits per heavy atom. The lowest BCUT2D eigenvalue weighted by atomic mass is 10.1. The lowest BCUT2D eigenvalue weighted by molar-refractivity contribution is 0.1000. The van der Waals surface area contributed by atoms with Gasteiger partial charge in [0.05, 0.1) is 0 Å². The molecule has 0 aliphatic carbocycles. The first-order valence-electron chi connectivity index (χ1n) is 5.89. The van der Waals surface area contributed by atoms with Crippen molar-refractivity contribution >= 4 is 23.4 Å². The van der Waals surface area contributed by atoms with Gasteiger partial charge < -0.3 is 11.1 Å². The number of benzene rings is 1. The molecule has 1 aliphatic heterocycles. The van der Waals surface area contributed by atoms with Gasteiger partial charge in [-0.25, -0.2) is 0 Å². The molecule has 1 atom stereocenters. The Morgan fingerprint density at radius 3 is 3.06 bits per heavy atom. The summed E-state index contributed by atoms with van der Waals surface area (Å²) in [4.78, 5) is 11.2. The molecule has 4 heteroatoms. The van der Waals surface area contributed by atoms with E-state index in [0.29, 0.717) is 5.56 Å². The number of anilines is 1. The fourth-order valence-corrected chi connectivity index (χ4v) is 3.38. The topological polar surface area (TPSA) is 55.1 Å². The van der Waals surface area contributed by atoms with Crippen LogP contribution in [0.3, 0.4) is 0 Å². The van der Waals surface area contributed by atoms with Crippen molar-refractivity contribution in [2.24, 2.45) is 11.7 Å². The highest BCUT2D eigenvalue weighted by molar-refractivity contribution is 7.99. The molecule has 0 spiro atoms. The molecule has 0 aromatic heterocycles. The van der Waals surface area contributed by atoms with Crippen LogP contribution in [-0.2, 0) is 0 Å². The van der Waals surface area contributed by atoms with Gasteiger partial charge >= 0.3 is 0 Å². The van der Waals surface area contributed by atoms with E-state index in [0.717, 1.165) is 23.7 Å². The first-order chi connectivity index (χ1) is 8.18. The summed E-state index contributed by atoms with van der Waals surface area (Å²) < 4.78 is 0. The SMILES string of the molecule is Cc1c(NCC2CCSC2)cccc1C(N)=O. The average molecular weight is 250 g/mol. The van der Waals surface area contributed by atoms with Gasteiger partial charge in [0.25, 0.3) is 0 Å². The van der Waals surface area contributed by atoms with Crippen molar-refractivity contribution in [3.05, 3.63) is 29.3 Å². The van der Waals surface area contributed by atoms with Crippen molar-refractivity contribution in [2.75, 3.05) is 23.4 Å². The largest absolute Gasteiger partial charge is 0.385 e. The Labute approximate surface area is 106 Å². The minimum Gasteiger partial charge on any atom is -0.385 e. The van der Waals surface area contributed by atoms with Crippen LogP contribution in [0.25, 0.3) is 0 Å². The van der Waals surface area contributed by atoms with Crippen molar-refractivity contribution in [1.82, 2.24) is 0 Å². The van der Waals surface area contributed by atoms with E-state index in [9.17, 15) is 4.79 Å². The third-order valence-electron chi connectivity index (χ3n) is 3.20. The van der Waals surface area contributed by atoms with Crippen molar-refractivity contribution in [3.63, 3.8) is 0 Å². The van der Waals surface area contributed by atoms with Crippen molar-refractivity contribution in [2.45, 2.75) is 13.3 Å². The predicted molar refractivity (Wildman–Crippen MR) is 73.6 cm³/mol. The number of nitrogens with two attached hydrogens (primary N) is 1. The molecular weight excluding hydrogens is 232 g/mol. The maximum atomic E-state index is 11.2. The summed E-state index contributed by atoms with van der Waals surface area (Å²) in [6, 6.07) is 5.65. The zero-order valence-electron chi connectivity index (χ0n) is 10.0. The summed E-state index contributed by atoms with van der Waals surface area (Å²) in [5.41, 5.74) is 7.91. The summed E-state index contributed by atoms with van der Waals surface area (Å²) in [6.07, 6.45) is 1.28. The third-order valence-corrected chi connectivity index (χ3v) is 4.44. The summed E-state index contributed by atoms with van der Waals surface area (Å²) in [5, 5.41) is 3.43. The lowest BCUT2D eigenvalue weighted by Gasteiger charge is -2.14. The van der Waals surface area contributed by atoms with Crippen LogP contribution in [0.4, 0.5) is 5.69 Å². The van der Waals surface area contributed by atoms with E-state index in [1.165, 1.54) is 17.9 Å². The number of primary amides is 1. The second-order valence-corrected chi connectivity index (χ2v) is 5.60. The van der Waals surface area contributed by atoms with Crippen LogP contribution in [0.1, 0.15) is 22.3 Å². The van der Waals surface area contributed by atoms with Gasteiger partial charge in [-0.3, -0.25) is 4.79 Å². The molecule has 0 radical (unpaired) electrons. The summed E-state index contributed by atoms with van der Waals surface area (Å²) in [5.74, 6) is 2.90. The van der Waals surface area contributed by atoms with Crippen LogP contribution in [-0.4, -0.2) is 24.0 Å². The molecule has 1 saturated heterocycles. The Balaban J connectivity index is 2.04. The number of carbonyl (C=O) groups is 1. The second kappa shape index (κ2) is 5.45. The molecule has 1 fully saturated rings. The zero-order valence-corrected chi connectivity index (χ0v) is 10.8. The smallest absolute Gasteiger partial charge is 0.249 e. The van der Waals surface area contributed by atoms with Gasteiger partial charge in [0, 0.05) is 17.8 Å². The number of amides is 1. The lowest BCUT2D eigenvalue weighted by Crippen LogP contribution is -2.17. The molecule has 3 N–H and O–H groups in total. The molecule has 1 aliphatic rings. The van der Waals surface area contributed by atoms with Gasteiger partial charge in [-0.15, -0.1) is 0 Å². The van der Waals surface area contributed by atoms with Crippen LogP contribution in [0.2, 0.25) is 0 Å². The van der Waals surface area contributed by atoms with E-state index in [4.69, 9.17) is 5.73 Å².